The van der Waals surface area contributed by atoms with Gasteiger partial charge in [-0.3, -0.25) is 4.40 Å². The average molecular weight is 177 g/mol. The summed E-state index contributed by atoms with van der Waals surface area (Å²) < 4.78 is 6.96. The van der Waals surface area contributed by atoms with Crippen LogP contribution in [0.1, 0.15) is 0 Å². The van der Waals surface area contributed by atoms with Gasteiger partial charge in [-0.15, -0.1) is 0 Å². The summed E-state index contributed by atoms with van der Waals surface area (Å²) in [7, 11) is 0. The minimum Gasteiger partial charge on any atom is -0.490 e. The smallest absolute Gasteiger partial charge is 0.137 e. The van der Waals surface area contributed by atoms with Gasteiger partial charge in [0, 0.05) is 0 Å². The van der Waals surface area contributed by atoms with Gasteiger partial charge in [0.05, 0.1) is 25.2 Å². The van der Waals surface area contributed by atoms with E-state index in [0.29, 0.717) is 12.4 Å². The molecule has 2 aromatic heterocycles. The molecule has 1 radical (unpaired) electrons. The summed E-state index contributed by atoms with van der Waals surface area (Å²) in [6.45, 7) is 0.325. The molecular formula is C9H9N2O2. The lowest BCUT2D eigenvalue weighted by Gasteiger charge is -2.03. The van der Waals surface area contributed by atoms with Gasteiger partial charge in [0.2, 0.25) is 0 Å². The molecule has 0 spiro atoms. The third-order valence-corrected chi connectivity index (χ3v) is 1.65. The van der Waals surface area contributed by atoms with Crippen molar-refractivity contribution in [2.45, 2.75) is 0 Å². The van der Waals surface area contributed by atoms with Crippen LogP contribution in [0.3, 0.4) is 0 Å². The highest BCUT2D eigenvalue weighted by atomic mass is 16.5. The van der Waals surface area contributed by atoms with Crippen molar-refractivity contribution >= 4 is 5.65 Å². The monoisotopic (exact) mass is 177 g/mol. The van der Waals surface area contributed by atoms with Crippen LogP contribution in [-0.4, -0.2) is 27.7 Å². The molecule has 0 aromatic carbocycles. The largest absolute Gasteiger partial charge is 0.490 e. The Kier molecular flexibility index (Phi) is 2.14. The Balaban J connectivity index is 2.26. The summed E-state index contributed by atoms with van der Waals surface area (Å²) in [6, 6.07) is 3.65. The molecule has 13 heavy (non-hydrogen) atoms. The Hall–Kier alpha value is -1.55. The Morgan fingerprint density at radius 3 is 3.31 bits per heavy atom. The number of aliphatic hydroxyl groups excluding tert-OH is 1. The van der Waals surface area contributed by atoms with Crippen molar-refractivity contribution in [2.24, 2.45) is 0 Å². The SMILES string of the molecule is OCCOc1ccc2nc[c]n2c1. The third-order valence-electron chi connectivity index (χ3n) is 1.65. The van der Waals surface area contributed by atoms with Crippen LogP contribution in [0.15, 0.2) is 24.5 Å². The van der Waals surface area contributed by atoms with E-state index in [4.69, 9.17) is 9.84 Å². The first kappa shape index (κ1) is 8.07. The van der Waals surface area contributed by atoms with Crippen molar-refractivity contribution in [3.05, 3.63) is 30.7 Å². The Bertz CT molecular complexity index is 397. The summed E-state index contributed by atoms with van der Waals surface area (Å²) in [4.78, 5) is 4.04. The fourth-order valence-electron chi connectivity index (χ4n) is 1.09. The van der Waals surface area contributed by atoms with Gasteiger partial charge in [-0.1, -0.05) is 0 Å². The lowest BCUT2D eigenvalue weighted by molar-refractivity contribution is 0.201. The average Bonchev–Trinajstić information content (AvgIpc) is 2.61. The first-order valence-corrected chi connectivity index (χ1v) is 3.98. The van der Waals surface area contributed by atoms with Gasteiger partial charge >= 0.3 is 0 Å². The first-order valence-electron chi connectivity index (χ1n) is 3.98. The van der Waals surface area contributed by atoms with Gasteiger partial charge in [0.1, 0.15) is 18.0 Å². The minimum atomic E-state index is 0.0195. The van der Waals surface area contributed by atoms with Gasteiger partial charge in [-0.25, -0.2) is 4.98 Å². The van der Waals surface area contributed by atoms with Gasteiger partial charge in [-0.05, 0) is 12.1 Å². The molecular weight excluding hydrogens is 168 g/mol. The van der Waals surface area contributed by atoms with Crippen molar-refractivity contribution in [2.75, 3.05) is 13.2 Å². The van der Waals surface area contributed by atoms with E-state index in [1.54, 1.807) is 16.8 Å². The number of nitrogens with zero attached hydrogens (tertiary/aromatic N) is 2. The van der Waals surface area contributed by atoms with Crippen LogP contribution in [-0.2, 0) is 0 Å². The predicted octanol–water partition coefficient (Wildman–Crippen LogP) is 0.506. The number of hydrogen-bond acceptors (Lipinski definition) is 3. The van der Waals surface area contributed by atoms with E-state index in [1.165, 1.54) is 0 Å². The van der Waals surface area contributed by atoms with E-state index in [0.717, 1.165) is 5.65 Å². The Labute approximate surface area is 75.4 Å². The molecule has 2 aromatic rings. The predicted molar refractivity (Wildman–Crippen MR) is 46.6 cm³/mol. The van der Waals surface area contributed by atoms with Gasteiger partial charge in [-0.2, -0.15) is 0 Å². The minimum absolute atomic E-state index is 0.0195. The van der Waals surface area contributed by atoms with Crippen molar-refractivity contribution in [3.8, 4) is 5.75 Å². The van der Waals surface area contributed by atoms with Gasteiger partial charge in [0.25, 0.3) is 0 Å². The standard InChI is InChI=1S/C9H9N2O2/c12-5-6-13-8-1-2-9-10-3-4-11(9)7-8/h1-3,7,12H,5-6H2. The molecule has 4 heteroatoms. The van der Waals surface area contributed by atoms with Crippen LogP contribution >= 0.6 is 0 Å². The highest BCUT2D eigenvalue weighted by Gasteiger charge is 1.96. The molecule has 2 rings (SSSR count). The second kappa shape index (κ2) is 3.45. The summed E-state index contributed by atoms with van der Waals surface area (Å²) in [6.07, 6.45) is 6.28. The highest BCUT2D eigenvalue weighted by molar-refractivity contribution is 5.40. The molecule has 0 amide bonds. The van der Waals surface area contributed by atoms with Gasteiger partial charge in [0.15, 0.2) is 0 Å². The van der Waals surface area contributed by atoms with Crippen molar-refractivity contribution < 1.29 is 9.84 Å². The molecule has 67 valence electrons. The number of aromatic nitrogens is 2. The van der Waals surface area contributed by atoms with E-state index in [1.807, 2.05) is 12.1 Å². The molecule has 2 heterocycles. The summed E-state index contributed by atoms with van der Waals surface area (Å²) in [5.41, 5.74) is 0.830. The molecule has 0 atom stereocenters. The van der Waals surface area contributed by atoms with E-state index in [9.17, 15) is 0 Å². The Morgan fingerprint density at radius 2 is 2.46 bits per heavy atom. The molecule has 0 unspecified atom stereocenters. The lowest BCUT2D eigenvalue weighted by atomic mass is 10.4. The normalized spacial score (nSPS) is 10.5. The maximum absolute atomic E-state index is 8.55. The molecule has 0 fully saturated rings. The highest BCUT2D eigenvalue weighted by Crippen LogP contribution is 2.11. The van der Waals surface area contributed by atoms with E-state index >= 15 is 0 Å². The van der Waals surface area contributed by atoms with Crippen LogP contribution in [0.5, 0.6) is 5.75 Å². The number of ether oxygens (including phenoxy) is 1. The fourth-order valence-corrected chi connectivity index (χ4v) is 1.09. The third kappa shape index (κ3) is 1.62. The van der Waals surface area contributed by atoms with Crippen molar-refractivity contribution in [3.63, 3.8) is 0 Å². The molecule has 0 saturated heterocycles. The second-order valence-corrected chi connectivity index (χ2v) is 2.55. The van der Waals surface area contributed by atoms with Crippen LogP contribution in [0, 0.1) is 6.20 Å². The molecule has 0 aliphatic rings. The molecule has 0 saturated carbocycles. The maximum Gasteiger partial charge on any atom is 0.137 e. The van der Waals surface area contributed by atoms with E-state index < -0.39 is 0 Å². The topological polar surface area (TPSA) is 46.8 Å². The van der Waals surface area contributed by atoms with Crippen LogP contribution < -0.4 is 4.74 Å². The number of imidazole rings is 1. The maximum atomic E-state index is 8.55. The molecule has 4 nitrogen and oxygen atoms in total. The quantitative estimate of drug-likeness (QED) is 0.742. The van der Waals surface area contributed by atoms with Gasteiger partial charge < -0.3 is 9.84 Å². The fraction of sp³-hybridized carbons (Fsp3) is 0.222. The first-order chi connectivity index (χ1) is 6.40. The molecule has 1 N–H and O–H groups in total. The zero-order chi connectivity index (χ0) is 9.10. The lowest BCUT2D eigenvalue weighted by Crippen LogP contribution is -2.02. The Morgan fingerprint density at radius 1 is 1.54 bits per heavy atom. The number of rotatable bonds is 3. The number of hydrogen-bond donors (Lipinski definition) is 1. The number of aliphatic hydroxyl groups is 1. The van der Waals surface area contributed by atoms with Crippen LogP contribution in [0.4, 0.5) is 0 Å². The van der Waals surface area contributed by atoms with E-state index in [-0.39, 0.29) is 6.61 Å². The molecule has 0 bridgehead atoms. The van der Waals surface area contributed by atoms with Crippen molar-refractivity contribution in [1.29, 1.82) is 0 Å². The van der Waals surface area contributed by atoms with Crippen LogP contribution in [0.2, 0.25) is 0 Å². The molecule has 0 aliphatic carbocycles. The second-order valence-electron chi connectivity index (χ2n) is 2.55. The molecule has 0 aliphatic heterocycles. The summed E-state index contributed by atoms with van der Waals surface area (Å²) >= 11 is 0. The number of pyridine rings is 1. The zero-order valence-corrected chi connectivity index (χ0v) is 6.97. The van der Waals surface area contributed by atoms with Crippen molar-refractivity contribution in [1.82, 2.24) is 9.38 Å². The number of fused-ring (bicyclic) bond motifs is 1. The zero-order valence-electron chi connectivity index (χ0n) is 6.97. The summed E-state index contributed by atoms with van der Waals surface area (Å²) in [5.74, 6) is 0.704. The van der Waals surface area contributed by atoms with Crippen LogP contribution in [0.25, 0.3) is 5.65 Å². The summed E-state index contributed by atoms with van der Waals surface area (Å²) in [5, 5.41) is 8.55. The van der Waals surface area contributed by atoms with E-state index in [2.05, 4.69) is 11.2 Å².